The summed E-state index contributed by atoms with van der Waals surface area (Å²) in [4.78, 5) is 0. The summed E-state index contributed by atoms with van der Waals surface area (Å²) in [5.41, 5.74) is 0.578. The van der Waals surface area contributed by atoms with Gasteiger partial charge in [0.05, 0.1) is 18.2 Å². The van der Waals surface area contributed by atoms with Gasteiger partial charge in [-0.25, -0.2) is 0 Å². The van der Waals surface area contributed by atoms with Gasteiger partial charge < -0.3 is 40.7 Å². The molecule has 0 spiro atoms. The van der Waals surface area contributed by atoms with Crippen LogP contribution in [0.5, 0.6) is 0 Å². The Balaban J connectivity index is 2.16. The molecule has 1 heterocycles. The van der Waals surface area contributed by atoms with Crippen LogP contribution in [0.25, 0.3) is 0 Å². The van der Waals surface area contributed by atoms with E-state index in [1.54, 1.807) is 13.0 Å². The molecule has 2 aliphatic rings. The third-order valence-corrected chi connectivity index (χ3v) is 4.48. The molecule has 0 bridgehead atoms. The first kappa shape index (κ1) is 17.8. The molecule has 7 N–H and O–H groups in total. The Labute approximate surface area is 128 Å². The van der Waals surface area contributed by atoms with E-state index in [4.69, 9.17) is 4.74 Å². The van der Waals surface area contributed by atoms with Crippen molar-refractivity contribution >= 4 is 0 Å². The van der Waals surface area contributed by atoms with Crippen LogP contribution >= 0.6 is 0 Å². The molecule has 0 aromatic rings. The first-order valence-corrected chi connectivity index (χ1v) is 7.48. The maximum absolute atomic E-state index is 10.1. The topological polar surface area (TPSA) is 143 Å². The normalized spacial score (nSPS) is 49.8. The third-order valence-electron chi connectivity index (χ3n) is 4.48. The standard InChI is InChI=1S/C14H25NO7/c1-3-6-4-7(10(17)12(19)9(6)16)15-8-5(2)22-14(21)13(20)11(8)18/h4-5,7-21H,3H2,1-2H3. The molecule has 1 aliphatic heterocycles. The minimum absolute atomic E-state index is 0.504. The van der Waals surface area contributed by atoms with Gasteiger partial charge >= 0.3 is 0 Å². The number of rotatable bonds is 3. The van der Waals surface area contributed by atoms with E-state index in [0.717, 1.165) is 0 Å². The van der Waals surface area contributed by atoms with Gasteiger partial charge in [-0.1, -0.05) is 13.0 Å². The van der Waals surface area contributed by atoms with E-state index < -0.39 is 55.0 Å². The van der Waals surface area contributed by atoms with Crippen molar-refractivity contribution in [3.8, 4) is 0 Å². The lowest BCUT2D eigenvalue weighted by molar-refractivity contribution is -0.254. The minimum Gasteiger partial charge on any atom is -0.388 e. The average molecular weight is 319 g/mol. The lowest BCUT2D eigenvalue weighted by Crippen LogP contribution is -2.66. The van der Waals surface area contributed by atoms with Crippen LogP contribution in [0.2, 0.25) is 0 Å². The summed E-state index contributed by atoms with van der Waals surface area (Å²) in [5, 5.41) is 62.0. The van der Waals surface area contributed by atoms with E-state index in [1.807, 2.05) is 6.92 Å². The SMILES string of the molecule is CCC1=CC(NC2C(C)OC(O)C(O)C2O)C(O)C(O)C1O. The summed E-state index contributed by atoms with van der Waals surface area (Å²) in [6, 6.07) is -1.48. The number of nitrogens with one attached hydrogen (secondary N) is 1. The molecular weight excluding hydrogens is 294 g/mol. The Morgan fingerprint density at radius 1 is 1.00 bits per heavy atom. The molecule has 128 valence electrons. The number of aliphatic hydroxyl groups excluding tert-OH is 6. The third kappa shape index (κ3) is 3.19. The van der Waals surface area contributed by atoms with Crippen LogP contribution in [0.15, 0.2) is 11.6 Å². The smallest absolute Gasteiger partial charge is 0.183 e. The van der Waals surface area contributed by atoms with Gasteiger partial charge in [-0.15, -0.1) is 0 Å². The first-order chi connectivity index (χ1) is 10.3. The van der Waals surface area contributed by atoms with Crippen LogP contribution in [-0.2, 0) is 4.74 Å². The second kappa shape index (κ2) is 6.90. The second-order valence-electron chi connectivity index (χ2n) is 5.95. The zero-order chi connectivity index (χ0) is 16.6. The fourth-order valence-electron chi connectivity index (χ4n) is 3.02. The molecule has 0 radical (unpaired) electrons. The summed E-state index contributed by atoms with van der Waals surface area (Å²) in [6.45, 7) is 3.43. The molecule has 9 unspecified atom stereocenters. The number of hydrogen-bond donors (Lipinski definition) is 7. The van der Waals surface area contributed by atoms with E-state index in [0.29, 0.717) is 12.0 Å². The molecule has 2 rings (SSSR count). The number of ether oxygens (including phenoxy) is 1. The summed E-state index contributed by atoms with van der Waals surface area (Å²) in [6.07, 6.45) is -6.50. The fraction of sp³-hybridized carbons (Fsp3) is 0.857. The quantitative estimate of drug-likeness (QED) is 0.277. The van der Waals surface area contributed by atoms with Crippen molar-refractivity contribution in [1.29, 1.82) is 0 Å². The van der Waals surface area contributed by atoms with Crippen LogP contribution in [0.3, 0.4) is 0 Å². The first-order valence-electron chi connectivity index (χ1n) is 7.48. The largest absolute Gasteiger partial charge is 0.388 e. The zero-order valence-corrected chi connectivity index (χ0v) is 12.6. The van der Waals surface area contributed by atoms with Crippen LogP contribution in [0.1, 0.15) is 20.3 Å². The Bertz CT molecular complexity index is 418. The molecule has 0 amide bonds. The van der Waals surface area contributed by atoms with Gasteiger partial charge in [-0.3, -0.25) is 0 Å². The van der Waals surface area contributed by atoms with E-state index in [-0.39, 0.29) is 0 Å². The second-order valence-corrected chi connectivity index (χ2v) is 5.95. The molecule has 1 saturated heterocycles. The molecule has 0 aromatic carbocycles. The average Bonchev–Trinajstić information content (AvgIpc) is 2.49. The number of hydrogen-bond acceptors (Lipinski definition) is 8. The van der Waals surface area contributed by atoms with Gasteiger partial charge in [-0.2, -0.15) is 0 Å². The Hall–Kier alpha value is -0.580. The molecule has 1 aliphatic carbocycles. The summed E-state index contributed by atoms with van der Waals surface area (Å²) >= 11 is 0. The predicted octanol–water partition coefficient (Wildman–Crippen LogP) is -2.80. The molecule has 0 saturated carbocycles. The summed E-state index contributed by atoms with van der Waals surface area (Å²) < 4.78 is 5.13. The van der Waals surface area contributed by atoms with Crippen molar-refractivity contribution in [2.75, 3.05) is 0 Å². The van der Waals surface area contributed by atoms with Gasteiger partial charge in [0.15, 0.2) is 6.29 Å². The lowest BCUT2D eigenvalue weighted by atomic mass is 9.85. The van der Waals surface area contributed by atoms with Gasteiger partial charge in [0.25, 0.3) is 0 Å². The highest BCUT2D eigenvalue weighted by Gasteiger charge is 2.45. The molecular formula is C14H25NO7. The molecule has 8 nitrogen and oxygen atoms in total. The van der Waals surface area contributed by atoms with Gasteiger partial charge in [0.2, 0.25) is 0 Å². The zero-order valence-electron chi connectivity index (χ0n) is 12.6. The molecule has 22 heavy (non-hydrogen) atoms. The van der Waals surface area contributed by atoms with Crippen LogP contribution in [0, 0.1) is 0 Å². The molecule has 8 heteroatoms. The van der Waals surface area contributed by atoms with Crippen LogP contribution in [-0.4, -0.2) is 85.6 Å². The van der Waals surface area contributed by atoms with Crippen molar-refractivity contribution in [1.82, 2.24) is 5.32 Å². The summed E-state index contributed by atoms with van der Waals surface area (Å²) in [5.74, 6) is 0. The maximum atomic E-state index is 10.1. The maximum Gasteiger partial charge on any atom is 0.183 e. The van der Waals surface area contributed by atoms with Gasteiger partial charge in [0, 0.05) is 0 Å². The van der Waals surface area contributed by atoms with E-state index in [9.17, 15) is 30.6 Å². The predicted molar refractivity (Wildman–Crippen MR) is 75.7 cm³/mol. The summed E-state index contributed by atoms with van der Waals surface area (Å²) in [7, 11) is 0. The van der Waals surface area contributed by atoms with E-state index in [2.05, 4.69) is 5.32 Å². The van der Waals surface area contributed by atoms with Crippen LogP contribution < -0.4 is 5.32 Å². The highest BCUT2D eigenvalue weighted by Crippen LogP contribution is 2.25. The molecule has 1 fully saturated rings. The minimum atomic E-state index is -1.48. The van der Waals surface area contributed by atoms with E-state index in [1.165, 1.54) is 0 Å². The monoisotopic (exact) mass is 319 g/mol. The molecule has 9 atom stereocenters. The van der Waals surface area contributed by atoms with Crippen LogP contribution in [0.4, 0.5) is 0 Å². The highest BCUT2D eigenvalue weighted by molar-refractivity contribution is 5.21. The van der Waals surface area contributed by atoms with Gasteiger partial charge in [0.1, 0.15) is 30.5 Å². The van der Waals surface area contributed by atoms with Gasteiger partial charge in [-0.05, 0) is 18.9 Å². The van der Waals surface area contributed by atoms with Crippen molar-refractivity contribution in [2.45, 2.75) is 75.3 Å². The Kier molecular flexibility index (Phi) is 5.57. The van der Waals surface area contributed by atoms with Crippen molar-refractivity contribution in [3.05, 3.63) is 11.6 Å². The fourth-order valence-corrected chi connectivity index (χ4v) is 3.02. The van der Waals surface area contributed by atoms with Crippen molar-refractivity contribution in [2.24, 2.45) is 0 Å². The molecule has 0 aromatic heterocycles. The lowest BCUT2D eigenvalue weighted by Gasteiger charge is -2.43. The Morgan fingerprint density at radius 2 is 1.64 bits per heavy atom. The highest BCUT2D eigenvalue weighted by atomic mass is 16.6. The Morgan fingerprint density at radius 3 is 2.23 bits per heavy atom. The van der Waals surface area contributed by atoms with Crippen molar-refractivity contribution < 1.29 is 35.4 Å². The van der Waals surface area contributed by atoms with E-state index >= 15 is 0 Å². The number of aliphatic hydroxyl groups is 6. The van der Waals surface area contributed by atoms with Crippen molar-refractivity contribution in [3.63, 3.8) is 0 Å².